The highest BCUT2D eigenvalue weighted by molar-refractivity contribution is 7.89. The van der Waals surface area contributed by atoms with Gasteiger partial charge in [-0.2, -0.15) is 4.31 Å². The predicted molar refractivity (Wildman–Crippen MR) is 121 cm³/mol. The molecule has 0 spiro atoms. The molecule has 1 aliphatic rings. The highest BCUT2D eigenvalue weighted by Gasteiger charge is 2.22. The molecule has 168 valence electrons. The maximum absolute atomic E-state index is 12.7. The van der Waals surface area contributed by atoms with E-state index in [-0.39, 0.29) is 22.2 Å². The van der Waals surface area contributed by atoms with Crippen molar-refractivity contribution in [1.29, 1.82) is 0 Å². The third-order valence-electron chi connectivity index (χ3n) is 5.30. The number of piperidine rings is 1. The van der Waals surface area contributed by atoms with Gasteiger partial charge in [-0.1, -0.05) is 37.6 Å². The predicted octanol–water partition coefficient (Wildman–Crippen LogP) is 3.08. The molecule has 1 saturated heterocycles. The SMILES string of the molecule is CCN(CC)S(=O)(=O)c1ccc(CNC(=O)c2nc(N3CCCCC3)ncc2Cl)cc1. The van der Waals surface area contributed by atoms with Gasteiger partial charge in [0, 0.05) is 32.7 Å². The van der Waals surface area contributed by atoms with Crippen molar-refractivity contribution in [3.63, 3.8) is 0 Å². The first-order valence-electron chi connectivity index (χ1n) is 10.5. The van der Waals surface area contributed by atoms with E-state index in [1.807, 2.05) is 0 Å². The van der Waals surface area contributed by atoms with E-state index >= 15 is 0 Å². The molecule has 31 heavy (non-hydrogen) atoms. The summed E-state index contributed by atoms with van der Waals surface area (Å²) >= 11 is 6.16. The monoisotopic (exact) mass is 465 g/mol. The van der Waals surface area contributed by atoms with E-state index in [1.165, 1.54) is 16.9 Å². The Bertz CT molecular complexity index is 1000. The summed E-state index contributed by atoms with van der Waals surface area (Å²) < 4.78 is 26.6. The smallest absolute Gasteiger partial charge is 0.271 e. The molecule has 0 bridgehead atoms. The Kier molecular flexibility index (Phi) is 7.85. The van der Waals surface area contributed by atoms with Gasteiger partial charge < -0.3 is 10.2 Å². The van der Waals surface area contributed by atoms with Gasteiger partial charge in [-0.15, -0.1) is 0 Å². The van der Waals surface area contributed by atoms with Crippen LogP contribution >= 0.6 is 11.6 Å². The van der Waals surface area contributed by atoms with Gasteiger partial charge in [0.25, 0.3) is 5.91 Å². The molecule has 3 rings (SSSR count). The summed E-state index contributed by atoms with van der Waals surface area (Å²) in [6, 6.07) is 6.50. The number of rotatable bonds is 8. The minimum Gasteiger partial charge on any atom is -0.347 e. The van der Waals surface area contributed by atoms with Crippen LogP contribution in [0.25, 0.3) is 0 Å². The topological polar surface area (TPSA) is 95.5 Å². The lowest BCUT2D eigenvalue weighted by molar-refractivity contribution is 0.0946. The zero-order chi connectivity index (χ0) is 22.4. The summed E-state index contributed by atoms with van der Waals surface area (Å²) in [6.45, 7) is 6.39. The number of hydrogen-bond donors (Lipinski definition) is 1. The van der Waals surface area contributed by atoms with Crippen LogP contribution in [0.1, 0.15) is 49.2 Å². The zero-order valence-electron chi connectivity index (χ0n) is 17.8. The number of nitrogens with zero attached hydrogens (tertiary/aromatic N) is 4. The van der Waals surface area contributed by atoms with Crippen LogP contribution in [0.5, 0.6) is 0 Å². The van der Waals surface area contributed by atoms with E-state index in [2.05, 4.69) is 20.2 Å². The number of nitrogens with one attached hydrogen (secondary N) is 1. The van der Waals surface area contributed by atoms with Crippen LogP contribution in [-0.2, 0) is 16.6 Å². The number of benzene rings is 1. The lowest BCUT2D eigenvalue weighted by Crippen LogP contribution is -2.32. The van der Waals surface area contributed by atoms with Crippen molar-refractivity contribution in [1.82, 2.24) is 19.6 Å². The van der Waals surface area contributed by atoms with Gasteiger partial charge in [-0.25, -0.2) is 18.4 Å². The Morgan fingerprint density at radius 2 is 1.77 bits per heavy atom. The summed E-state index contributed by atoms with van der Waals surface area (Å²) in [5.74, 6) is 0.116. The first kappa shape index (κ1) is 23.4. The van der Waals surface area contributed by atoms with E-state index in [0.717, 1.165) is 31.5 Å². The van der Waals surface area contributed by atoms with Crippen molar-refractivity contribution in [2.45, 2.75) is 44.6 Å². The molecule has 1 N–H and O–H groups in total. The van der Waals surface area contributed by atoms with E-state index in [1.54, 1.807) is 38.1 Å². The number of sulfonamides is 1. The fourth-order valence-corrected chi connectivity index (χ4v) is 5.16. The van der Waals surface area contributed by atoms with Crippen molar-refractivity contribution in [3.8, 4) is 0 Å². The van der Waals surface area contributed by atoms with Crippen LogP contribution in [0.15, 0.2) is 35.4 Å². The van der Waals surface area contributed by atoms with Crippen LogP contribution < -0.4 is 10.2 Å². The molecule has 8 nitrogen and oxygen atoms in total. The van der Waals surface area contributed by atoms with Crippen LogP contribution in [0, 0.1) is 0 Å². The quantitative estimate of drug-likeness (QED) is 0.643. The second kappa shape index (κ2) is 10.4. The average molecular weight is 466 g/mol. The van der Waals surface area contributed by atoms with Crippen molar-refractivity contribution in [2.75, 3.05) is 31.1 Å². The third-order valence-corrected chi connectivity index (χ3v) is 7.65. The molecule has 1 aromatic carbocycles. The van der Waals surface area contributed by atoms with Gasteiger partial charge in [-0.3, -0.25) is 4.79 Å². The van der Waals surface area contributed by atoms with E-state index in [9.17, 15) is 13.2 Å². The Balaban J connectivity index is 1.67. The Hall–Kier alpha value is -2.23. The first-order chi connectivity index (χ1) is 14.9. The van der Waals surface area contributed by atoms with E-state index in [4.69, 9.17) is 11.6 Å². The average Bonchev–Trinajstić information content (AvgIpc) is 2.79. The zero-order valence-corrected chi connectivity index (χ0v) is 19.4. The van der Waals surface area contributed by atoms with Crippen LogP contribution in [0.4, 0.5) is 5.95 Å². The third kappa shape index (κ3) is 5.53. The maximum atomic E-state index is 12.7. The van der Waals surface area contributed by atoms with Crippen molar-refractivity contribution < 1.29 is 13.2 Å². The second-order valence-electron chi connectivity index (χ2n) is 7.33. The van der Waals surface area contributed by atoms with E-state index in [0.29, 0.717) is 19.0 Å². The number of hydrogen-bond acceptors (Lipinski definition) is 6. The minimum atomic E-state index is -3.51. The van der Waals surface area contributed by atoms with Gasteiger partial charge in [0.2, 0.25) is 16.0 Å². The fraction of sp³-hybridized carbons (Fsp3) is 0.476. The normalized spacial score (nSPS) is 14.6. The Morgan fingerprint density at radius 1 is 1.13 bits per heavy atom. The number of anilines is 1. The molecule has 10 heteroatoms. The summed E-state index contributed by atoms with van der Waals surface area (Å²) in [5, 5.41) is 2.99. The number of carbonyl (C=O) groups excluding carboxylic acids is 1. The van der Waals surface area contributed by atoms with Crippen molar-refractivity contribution in [3.05, 3.63) is 46.7 Å². The molecule has 1 fully saturated rings. The molecular weight excluding hydrogens is 438 g/mol. The molecule has 2 heterocycles. The minimum absolute atomic E-state index is 0.137. The first-order valence-corrected chi connectivity index (χ1v) is 12.3. The van der Waals surface area contributed by atoms with Crippen molar-refractivity contribution >= 4 is 33.5 Å². The molecule has 1 aromatic heterocycles. The van der Waals surface area contributed by atoms with Gasteiger partial charge in [-0.05, 0) is 37.0 Å². The largest absolute Gasteiger partial charge is 0.347 e. The number of carbonyl (C=O) groups is 1. The second-order valence-corrected chi connectivity index (χ2v) is 9.68. The summed E-state index contributed by atoms with van der Waals surface area (Å²) in [4.78, 5) is 23.6. The molecule has 0 aliphatic carbocycles. The standard InChI is InChI=1S/C21H28ClN5O3S/c1-3-27(4-2)31(29,30)17-10-8-16(9-11-17)14-23-20(28)19-18(22)15-24-21(25-19)26-12-6-5-7-13-26/h8-11,15H,3-7,12-14H2,1-2H3,(H,23,28). The lowest BCUT2D eigenvalue weighted by atomic mass is 10.1. The van der Waals surface area contributed by atoms with Gasteiger partial charge in [0.05, 0.1) is 16.1 Å². The molecule has 0 saturated carbocycles. The number of aromatic nitrogens is 2. The fourth-order valence-electron chi connectivity index (χ4n) is 3.52. The van der Waals surface area contributed by atoms with E-state index < -0.39 is 15.9 Å². The molecular formula is C21H28ClN5O3S. The van der Waals surface area contributed by atoms with Gasteiger partial charge in [0.15, 0.2) is 5.69 Å². The molecule has 0 radical (unpaired) electrons. The van der Waals surface area contributed by atoms with Crippen LogP contribution in [0.2, 0.25) is 5.02 Å². The molecule has 2 aromatic rings. The highest BCUT2D eigenvalue weighted by Crippen LogP contribution is 2.20. The van der Waals surface area contributed by atoms with Gasteiger partial charge >= 0.3 is 0 Å². The molecule has 1 aliphatic heterocycles. The summed E-state index contributed by atoms with van der Waals surface area (Å²) in [7, 11) is -3.51. The molecule has 0 atom stereocenters. The van der Waals surface area contributed by atoms with Gasteiger partial charge in [0.1, 0.15) is 0 Å². The number of amides is 1. The maximum Gasteiger partial charge on any atom is 0.271 e. The van der Waals surface area contributed by atoms with Crippen molar-refractivity contribution in [2.24, 2.45) is 0 Å². The lowest BCUT2D eigenvalue weighted by Gasteiger charge is -2.26. The summed E-state index contributed by atoms with van der Waals surface area (Å²) in [5.41, 5.74) is 0.909. The number of halogens is 1. The molecule has 1 amide bonds. The summed E-state index contributed by atoms with van der Waals surface area (Å²) in [6.07, 6.45) is 4.80. The van der Waals surface area contributed by atoms with Crippen LogP contribution in [-0.4, -0.2) is 54.8 Å². The Labute approximate surface area is 188 Å². The van der Waals surface area contributed by atoms with Crippen LogP contribution in [0.3, 0.4) is 0 Å². The Morgan fingerprint density at radius 3 is 2.39 bits per heavy atom. The molecule has 0 unspecified atom stereocenters. The highest BCUT2D eigenvalue weighted by atomic mass is 35.5.